The first-order chi connectivity index (χ1) is 6.72. The van der Waals surface area contributed by atoms with E-state index in [-0.39, 0.29) is 0 Å². The Bertz CT molecular complexity index is 273. The van der Waals surface area contributed by atoms with Gasteiger partial charge < -0.3 is 4.90 Å². The smallest absolute Gasteiger partial charge is 0.0230 e. The lowest BCUT2D eigenvalue weighted by Crippen LogP contribution is -2.19. The molecule has 0 spiro atoms. The second-order valence-electron chi connectivity index (χ2n) is 3.80. The number of nitrogens with zero attached hydrogens (tertiary/aromatic N) is 1. The van der Waals surface area contributed by atoms with E-state index in [0.29, 0.717) is 0 Å². The maximum atomic E-state index is 4.21. The molecule has 2 heteroatoms. The van der Waals surface area contributed by atoms with Gasteiger partial charge in [-0.2, -0.15) is 12.6 Å². The summed E-state index contributed by atoms with van der Waals surface area (Å²) in [5.41, 5.74) is 2.73. The van der Waals surface area contributed by atoms with Gasteiger partial charge in [0.1, 0.15) is 0 Å². The summed E-state index contributed by atoms with van der Waals surface area (Å²) in [6.45, 7) is 4.30. The molecule has 0 atom stereocenters. The number of hydrogen-bond donors (Lipinski definition) is 1. The molecule has 1 aromatic rings. The summed E-state index contributed by atoms with van der Waals surface area (Å²) in [6.07, 6.45) is 1.16. The average molecular weight is 209 g/mol. The molecule has 1 aromatic carbocycles. The molecule has 1 rings (SSSR count). The highest BCUT2D eigenvalue weighted by Crippen LogP contribution is 2.06. The van der Waals surface area contributed by atoms with Gasteiger partial charge in [-0.1, -0.05) is 29.8 Å². The van der Waals surface area contributed by atoms with Gasteiger partial charge in [-0.3, -0.25) is 0 Å². The normalized spacial score (nSPS) is 10.9. The van der Waals surface area contributed by atoms with E-state index >= 15 is 0 Å². The van der Waals surface area contributed by atoms with Crippen LogP contribution in [-0.4, -0.2) is 24.2 Å². The van der Waals surface area contributed by atoms with E-state index in [1.165, 1.54) is 11.1 Å². The van der Waals surface area contributed by atoms with Crippen LogP contribution in [0.3, 0.4) is 0 Å². The molecular weight excluding hydrogens is 190 g/mol. The fraction of sp³-hybridized carbons (Fsp3) is 0.500. The largest absolute Gasteiger partial charge is 0.302 e. The Labute approximate surface area is 92.5 Å². The summed E-state index contributed by atoms with van der Waals surface area (Å²) in [5.74, 6) is 0.970. The molecule has 78 valence electrons. The second-order valence-corrected chi connectivity index (χ2v) is 4.25. The lowest BCUT2D eigenvalue weighted by Gasteiger charge is -2.16. The third kappa shape index (κ3) is 4.16. The van der Waals surface area contributed by atoms with E-state index in [0.717, 1.165) is 25.3 Å². The average Bonchev–Trinajstić information content (AvgIpc) is 2.15. The van der Waals surface area contributed by atoms with Crippen LogP contribution in [0.4, 0.5) is 0 Å². The van der Waals surface area contributed by atoms with E-state index < -0.39 is 0 Å². The van der Waals surface area contributed by atoms with Crippen molar-refractivity contribution in [2.45, 2.75) is 19.9 Å². The summed E-state index contributed by atoms with van der Waals surface area (Å²) in [7, 11) is 2.16. The van der Waals surface area contributed by atoms with Crippen molar-refractivity contribution in [2.24, 2.45) is 0 Å². The van der Waals surface area contributed by atoms with Crippen molar-refractivity contribution < 1.29 is 0 Å². The van der Waals surface area contributed by atoms with Gasteiger partial charge in [-0.25, -0.2) is 0 Å². The van der Waals surface area contributed by atoms with E-state index in [4.69, 9.17) is 0 Å². The number of aryl methyl sites for hydroxylation is 1. The quantitative estimate of drug-likeness (QED) is 0.730. The maximum absolute atomic E-state index is 4.21. The summed E-state index contributed by atoms with van der Waals surface area (Å²) in [6, 6.07) is 8.69. The Hall–Kier alpha value is -0.470. The summed E-state index contributed by atoms with van der Waals surface area (Å²) >= 11 is 4.21. The Morgan fingerprint density at radius 3 is 2.79 bits per heavy atom. The molecule has 0 aromatic heterocycles. The highest BCUT2D eigenvalue weighted by atomic mass is 32.1. The van der Waals surface area contributed by atoms with Crippen molar-refractivity contribution in [1.82, 2.24) is 4.90 Å². The SMILES string of the molecule is Cc1cccc(CN(C)CCCS)c1. The third-order valence-corrected chi connectivity index (χ3v) is 2.55. The van der Waals surface area contributed by atoms with Crippen LogP contribution in [-0.2, 0) is 6.54 Å². The minimum Gasteiger partial charge on any atom is -0.302 e. The van der Waals surface area contributed by atoms with Crippen molar-refractivity contribution in [2.75, 3.05) is 19.3 Å². The molecule has 0 amide bonds. The molecule has 0 radical (unpaired) electrons. The molecule has 0 aliphatic carbocycles. The van der Waals surface area contributed by atoms with E-state index in [1.807, 2.05) is 0 Å². The molecule has 0 N–H and O–H groups in total. The molecule has 0 bridgehead atoms. The monoisotopic (exact) mass is 209 g/mol. The fourth-order valence-corrected chi connectivity index (χ4v) is 1.68. The lowest BCUT2D eigenvalue weighted by atomic mass is 10.1. The first kappa shape index (κ1) is 11.6. The molecule has 1 nitrogen and oxygen atoms in total. The van der Waals surface area contributed by atoms with Gasteiger partial charge >= 0.3 is 0 Å². The second kappa shape index (κ2) is 6.10. The predicted molar refractivity (Wildman–Crippen MR) is 66.0 cm³/mol. The number of hydrogen-bond acceptors (Lipinski definition) is 2. The topological polar surface area (TPSA) is 3.24 Å². The van der Waals surface area contributed by atoms with Crippen LogP contribution < -0.4 is 0 Å². The van der Waals surface area contributed by atoms with Crippen LogP contribution in [0, 0.1) is 6.92 Å². The Kier molecular flexibility index (Phi) is 5.05. The first-order valence-electron chi connectivity index (χ1n) is 5.07. The van der Waals surface area contributed by atoms with Crippen LogP contribution in [0.25, 0.3) is 0 Å². The van der Waals surface area contributed by atoms with Gasteiger partial charge in [0.25, 0.3) is 0 Å². The Morgan fingerprint density at radius 1 is 1.36 bits per heavy atom. The van der Waals surface area contributed by atoms with Crippen LogP contribution >= 0.6 is 12.6 Å². The highest BCUT2D eigenvalue weighted by Gasteiger charge is 1.99. The van der Waals surface area contributed by atoms with Gasteiger partial charge in [0.2, 0.25) is 0 Å². The van der Waals surface area contributed by atoms with Gasteiger partial charge in [0.15, 0.2) is 0 Å². The van der Waals surface area contributed by atoms with Gasteiger partial charge in [0, 0.05) is 6.54 Å². The molecule has 0 aliphatic rings. The van der Waals surface area contributed by atoms with Crippen molar-refractivity contribution in [1.29, 1.82) is 0 Å². The van der Waals surface area contributed by atoms with E-state index in [1.54, 1.807) is 0 Å². The first-order valence-corrected chi connectivity index (χ1v) is 5.70. The van der Waals surface area contributed by atoms with Gasteiger partial charge in [0.05, 0.1) is 0 Å². The van der Waals surface area contributed by atoms with Crippen molar-refractivity contribution in [3.05, 3.63) is 35.4 Å². The zero-order valence-electron chi connectivity index (χ0n) is 9.03. The Balaban J connectivity index is 2.43. The maximum Gasteiger partial charge on any atom is 0.0230 e. The number of thiol groups is 1. The van der Waals surface area contributed by atoms with Crippen LogP contribution in [0.2, 0.25) is 0 Å². The van der Waals surface area contributed by atoms with Crippen molar-refractivity contribution in [3.8, 4) is 0 Å². The molecule has 0 saturated heterocycles. The minimum atomic E-state index is 0.970. The molecule has 0 saturated carbocycles. The number of benzene rings is 1. The lowest BCUT2D eigenvalue weighted by molar-refractivity contribution is 0.328. The minimum absolute atomic E-state index is 0.970. The van der Waals surface area contributed by atoms with Crippen molar-refractivity contribution >= 4 is 12.6 Å². The molecular formula is C12H19NS. The predicted octanol–water partition coefficient (Wildman–Crippen LogP) is 2.75. The van der Waals surface area contributed by atoms with E-state index in [2.05, 4.69) is 55.8 Å². The standard InChI is InChI=1S/C12H19NS/c1-11-5-3-6-12(9-11)10-13(2)7-4-8-14/h3,5-6,9,14H,4,7-8,10H2,1-2H3. The fourth-order valence-electron chi connectivity index (χ4n) is 1.54. The molecule has 0 heterocycles. The van der Waals surface area contributed by atoms with Crippen molar-refractivity contribution in [3.63, 3.8) is 0 Å². The molecule has 0 unspecified atom stereocenters. The summed E-state index contributed by atoms with van der Waals surface area (Å²) < 4.78 is 0. The van der Waals surface area contributed by atoms with Crippen LogP contribution in [0.5, 0.6) is 0 Å². The Morgan fingerprint density at radius 2 is 2.14 bits per heavy atom. The highest BCUT2D eigenvalue weighted by molar-refractivity contribution is 7.80. The van der Waals surface area contributed by atoms with Crippen LogP contribution in [0.1, 0.15) is 17.5 Å². The molecule has 14 heavy (non-hydrogen) atoms. The zero-order valence-corrected chi connectivity index (χ0v) is 9.93. The molecule has 0 aliphatic heterocycles. The van der Waals surface area contributed by atoms with Gasteiger partial charge in [-0.15, -0.1) is 0 Å². The zero-order chi connectivity index (χ0) is 10.4. The number of rotatable bonds is 5. The van der Waals surface area contributed by atoms with Gasteiger partial charge in [-0.05, 0) is 38.3 Å². The summed E-state index contributed by atoms with van der Waals surface area (Å²) in [5, 5.41) is 0. The van der Waals surface area contributed by atoms with E-state index in [9.17, 15) is 0 Å². The third-order valence-electron chi connectivity index (χ3n) is 2.23. The summed E-state index contributed by atoms with van der Waals surface area (Å²) in [4.78, 5) is 2.34. The molecule has 0 fully saturated rings. The van der Waals surface area contributed by atoms with Crippen LogP contribution in [0.15, 0.2) is 24.3 Å².